The first-order chi connectivity index (χ1) is 13.1. The van der Waals surface area contributed by atoms with E-state index in [0.717, 1.165) is 5.56 Å². The van der Waals surface area contributed by atoms with Crippen LogP contribution in [0, 0.1) is 5.82 Å². The predicted octanol–water partition coefficient (Wildman–Crippen LogP) is 2.81. The Bertz CT molecular complexity index is 1120. The van der Waals surface area contributed by atoms with Gasteiger partial charge >= 0.3 is 0 Å². The van der Waals surface area contributed by atoms with E-state index in [0.29, 0.717) is 28.5 Å². The summed E-state index contributed by atoms with van der Waals surface area (Å²) in [5, 5.41) is 26.7. The van der Waals surface area contributed by atoms with Gasteiger partial charge in [-0.05, 0) is 53.7 Å². The summed E-state index contributed by atoms with van der Waals surface area (Å²) >= 11 is 0. The molecule has 8 nitrogen and oxygen atoms in total. The first-order valence-corrected chi connectivity index (χ1v) is 7.93. The van der Waals surface area contributed by atoms with Crippen molar-refractivity contribution in [2.75, 3.05) is 5.32 Å². The highest BCUT2D eigenvalue weighted by Gasteiger charge is 2.11. The molecule has 0 fully saturated rings. The monoisotopic (exact) mass is 364 g/mol. The van der Waals surface area contributed by atoms with Crippen molar-refractivity contribution in [1.82, 2.24) is 25.6 Å². The Hall–Kier alpha value is -4.01. The van der Waals surface area contributed by atoms with Crippen molar-refractivity contribution in [2.24, 2.45) is 0 Å². The fraction of sp³-hybridized carbons (Fsp3) is 0. The third kappa shape index (κ3) is 3.38. The Labute approximate surface area is 151 Å². The topological polar surface area (TPSA) is 120 Å². The zero-order valence-corrected chi connectivity index (χ0v) is 13.8. The molecule has 0 atom stereocenters. The predicted molar refractivity (Wildman–Crippen MR) is 97.0 cm³/mol. The molecule has 0 spiro atoms. The number of halogens is 1. The van der Waals surface area contributed by atoms with Crippen LogP contribution in [0.5, 0.6) is 5.75 Å². The molecule has 0 unspecified atom stereocenters. The number of nitrogens with zero attached hydrogens (tertiary/aromatic N) is 3. The quantitative estimate of drug-likeness (QED) is 0.442. The smallest absolute Gasteiger partial charge is 0.290 e. The number of benzene rings is 2. The molecule has 0 bridgehead atoms. The molecule has 9 heteroatoms. The number of aromatic nitrogens is 5. The van der Waals surface area contributed by atoms with Gasteiger partial charge in [-0.2, -0.15) is 5.21 Å². The number of rotatable bonds is 4. The van der Waals surface area contributed by atoms with E-state index in [1.54, 1.807) is 36.4 Å². The van der Waals surface area contributed by atoms with E-state index in [1.165, 1.54) is 18.2 Å². The number of tetrazole rings is 1. The maximum absolute atomic E-state index is 13.2. The highest BCUT2D eigenvalue weighted by Crippen LogP contribution is 2.30. The zero-order valence-electron chi connectivity index (χ0n) is 13.8. The summed E-state index contributed by atoms with van der Waals surface area (Å²) < 4.78 is 13.2. The Kier molecular flexibility index (Phi) is 4.09. The Morgan fingerprint density at radius 3 is 2.37 bits per heavy atom. The number of aromatic hydroxyl groups is 1. The standard InChI is InChI=1S/C18H13FN6O2/c19-12-5-1-10(2-6-12)16-14(9-15(26)18(27)21-16)20-13-7-3-11(4-8-13)17-22-24-25-23-17/h1-9,20,26H,(H,21,27)(H,22,23,24,25). The van der Waals surface area contributed by atoms with E-state index >= 15 is 0 Å². The summed E-state index contributed by atoms with van der Waals surface area (Å²) in [7, 11) is 0. The maximum Gasteiger partial charge on any atom is 0.290 e. The number of H-pyrrole nitrogens is 2. The van der Waals surface area contributed by atoms with Gasteiger partial charge in [-0.25, -0.2) is 4.39 Å². The van der Waals surface area contributed by atoms with Gasteiger partial charge in [0.2, 0.25) is 5.82 Å². The van der Waals surface area contributed by atoms with E-state index in [-0.39, 0.29) is 5.82 Å². The third-order valence-corrected chi connectivity index (χ3v) is 3.92. The summed E-state index contributed by atoms with van der Waals surface area (Å²) in [6, 6.07) is 14.2. The number of nitrogens with one attached hydrogen (secondary N) is 3. The lowest BCUT2D eigenvalue weighted by Gasteiger charge is -2.13. The lowest BCUT2D eigenvalue weighted by Crippen LogP contribution is -2.08. The van der Waals surface area contributed by atoms with Crippen LogP contribution in [0.25, 0.3) is 22.6 Å². The molecule has 0 saturated carbocycles. The second-order valence-corrected chi connectivity index (χ2v) is 5.72. The van der Waals surface area contributed by atoms with Crippen LogP contribution in [0.15, 0.2) is 59.4 Å². The molecular weight excluding hydrogens is 351 g/mol. The molecule has 2 heterocycles. The third-order valence-electron chi connectivity index (χ3n) is 3.92. The molecule has 2 aromatic carbocycles. The first kappa shape index (κ1) is 16.5. The van der Waals surface area contributed by atoms with Gasteiger partial charge < -0.3 is 15.4 Å². The van der Waals surface area contributed by atoms with Gasteiger partial charge in [0.1, 0.15) is 5.82 Å². The number of pyridine rings is 1. The summed E-state index contributed by atoms with van der Waals surface area (Å²) in [5.74, 6) is -0.339. The first-order valence-electron chi connectivity index (χ1n) is 7.93. The molecule has 4 N–H and O–H groups in total. The Morgan fingerprint density at radius 2 is 1.70 bits per heavy atom. The minimum absolute atomic E-state index is 0.383. The van der Waals surface area contributed by atoms with Crippen LogP contribution in [0.1, 0.15) is 0 Å². The van der Waals surface area contributed by atoms with Gasteiger partial charge in [-0.15, -0.1) is 10.2 Å². The summed E-state index contributed by atoms with van der Waals surface area (Å²) in [6.45, 7) is 0. The normalized spacial score (nSPS) is 10.7. The van der Waals surface area contributed by atoms with Crippen LogP contribution >= 0.6 is 0 Å². The molecule has 0 amide bonds. The fourth-order valence-electron chi connectivity index (χ4n) is 2.60. The van der Waals surface area contributed by atoms with E-state index < -0.39 is 11.3 Å². The Balaban J connectivity index is 1.70. The summed E-state index contributed by atoms with van der Waals surface area (Å²) in [4.78, 5) is 14.4. The largest absolute Gasteiger partial charge is 0.503 e. The van der Waals surface area contributed by atoms with Crippen molar-refractivity contribution in [2.45, 2.75) is 0 Å². The van der Waals surface area contributed by atoms with E-state index in [9.17, 15) is 14.3 Å². The van der Waals surface area contributed by atoms with Crippen LogP contribution < -0.4 is 10.9 Å². The molecule has 0 saturated heterocycles. The highest BCUT2D eigenvalue weighted by atomic mass is 19.1. The van der Waals surface area contributed by atoms with Gasteiger partial charge in [0.25, 0.3) is 5.56 Å². The lowest BCUT2D eigenvalue weighted by molar-refractivity contribution is 0.467. The number of anilines is 2. The van der Waals surface area contributed by atoms with Crippen LogP contribution in [0.3, 0.4) is 0 Å². The summed E-state index contributed by atoms with van der Waals surface area (Å²) in [6.07, 6.45) is 0. The van der Waals surface area contributed by atoms with Crippen LogP contribution in [0.2, 0.25) is 0 Å². The van der Waals surface area contributed by atoms with Crippen LogP contribution in [-0.4, -0.2) is 30.7 Å². The second-order valence-electron chi connectivity index (χ2n) is 5.72. The van der Waals surface area contributed by atoms with Crippen LogP contribution in [0.4, 0.5) is 15.8 Å². The zero-order chi connectivity index (χ0) is 18.8. The molecule has 2 aromatic heterocycles. The van der Waals surface area contributed by atoms with E-state index in [1.807, 2.05) is 0 Å². The molecule has 4 aromatic rings. The number of aromatic amines is 2. The van der Waals surface area contributed by atoms with E-state index in [4.69, 9.17) is 0 Å². The van der Waals surface area contributed by atoms with Crippen molar-refractivity contribution in [1.29, 1.82) is 0 Å². The highest BCUT2D eigenvalue weighted by molar-refractivity contribution is 5.79. The molecule has 0 radical (unpaired) electrons. The average molecular weight is 364 g/mol. The molecule has 134 valence electrons. The van der Waals surface area contributed by atoms with Crippen molar-refractivity contribution >= 4 is 11.4 Å². The molecule has 0 aliphatic heterocycles. The maximum atomic E-state index is 13.2. The molecule has 4 rings (SSSR count). The van der Waals surface area contributed by atoms with Crippen molar-refractivity contribution < 1.29 is 9.50 Å². The van der Waals surface area contributed by atoms with Crippen molar-refractivity contribution in [3.63, 3.8) is 0 Å². The Morgan fingerprint density at radius 1 is 1.00 bits per heavy atom. The number of hydrogen-bond acceptors (Lipinski definition) is 6. The van der Waals surface area contributed by atoms with Crippen molar-refractivity contribution in [3.8, 4) is 28.4 Å². The fourth-order valence-corrected chi connectivity index (χ4v) is 2.60. The molecular formula is C18H13FN6O2. The van der Waals surface area contributed by atoms with Crippen molar-refractivity contribution in [3.05, 3.63) is 70.8 Å². The van der Waals surface area contributed by atoms with Gasteiger partial charge in [0.05, 0.1) is 11.4 Å². The molecule has 27 heavy (non-hydrogen) atoms. The van der Waals surface area contributed by atoms with Gasteiger partial charge in [0, 0.05) is 22.9 Å². The lowest BCUT2D eigenvalue weighted by atomic mass is 10.1. The van der Waals surface area contributed by atoms with Gasteiger partial charge in [0.15, 0.2) is 5.75 Å². The van der Waals surface area contributed by atoms with Gasteiger partial charge in [-0.3, -0.25) is 4.79 Å². The molecule has 0 aliphatic rings. The second kappa shape index (κ2) is 6.71. The number of hydrogen-bond donors (Lipinski definition) is 4. The SMILES string of the molecule is O=c1[nH]c(-c2ccc(F)cc2)c(Nc2ccc(-c3nn[nH]n3)cc2)cc1O. The minimum atomic E-state index is -0.632. The van der Waals surface area contributed by atoms with Crippen LogP contribution in [-0.2, 0) is 0 Å². The summed E-state index contributed by atoms with van der Waals surface area (Å²) in [5.41, 5.74) is 2.34. The minimum Gasteiger partial charge on any atom is -0.503 e. The van der Waals surface area contributed by atoms with Gasteiger partial charge in [-0.1, -0.05) is 0 Å². The average Bonchev–Trinajstić information content (AvgIpc) is 3.21. The molecule has 0 aliphatic carbocycles. The van der Waals surface area contributed by atoms with E-state index in [2.05, 4.69) is 30.9 Å².